The van der Waals surface area contributed by atoms with Gasteiger partial charge >= 0.3 is 0 Å². The Morgan fingerprint density at radius 2 is 2.20 bits per heavy atom. The van der Waals surface area contributed by atoms with Crippen molar-refractivity contribution < 1.29 is 9.47 Å². The lowest BCUT2D eigenvalue weighted by Gasteiger charge is -2.15. The van der Waals surface area contributed by atoms with Crippen LogP contribution in [0, 0.1) is 0 Å². The standard InChI is InChI=1S/C15H21N3O2/c1-11(16)13-5-4-12(19-3)10-14(13)20-9-6-15-17-7-8-18(15)2/h4-5,7-8,10-11H,6,9,16H2,1-3H3/t11-/m0/s1. The summed E-state index contributed by atoms with van der Waals surface area (Å²) in [4.78, 5) is 4.27. The molecule has 0 saturated carbocycles. The number of aryl methyl sites for hydroxylation is 1. The molecule has 108 valence electrons. The predicted molar refractivity (Wildman–Crippen MR) is 78.0 cm³/mol. The van der Waals surface area contributed by atoms with E-state index >= 15 is 0 Å². The Bertz CT molecular complexity index is 564. The minimum absolute atomic E-state index is 0.0796. The maximum Gasteiger partial charge on any atom is 0.127 e. The van der Waals surface area contributed by atoms with E-state index in [9.17, 15) is 0 Å². The normalized spacial score (nSPS) is 12.2. The average Bonchev–Trinajstić information content (AvgIpc) is 2.84. The van der Waals surface area contributed by atoms with Crippen molar-refractivity contribution in [2.75, 3.05) is 13.7 Å². The molecule has 1 aromatic heterocycles. The molecular formula is C15H21N3O2. The monoisotopic (exact) mass is 275 g/mol. The predicted octanol–water partition coefficient (Wildman–Crippen LogP) is 2.07. The van der Waals surface area contributed by atoms with E-state index in [4.69, 9.17) is 15.2 Å². The lowest BCUT2D eigenvalue weighted by atomic mass is 10.1. The van der Waals surface area contributed by atoms with Crippen molar-refractivity contribution in [1.29, 1.82) is 0 Å². The van der Waals surface area contributed by atoms with Crippen LogP contribution in [0.5, 0.6) is 11.5 Å². The Kier molecular flexibility index (Phi) is 4.63. The highest BCUT2D eigenvalue weighted by Gasteiger charge is 2.10. The Balaban J connectivity index is 2.05. The average molecular weight is 275 g/mol. The highest BCUT2D eigenvalue weighted by Crippen LogP contribution is 2.28. The van der Waals surface area contributed by atoms with Gasteiger partial charge in [-0.1, -0.05) is 6.07 Å². The molecular weight excluding hydrogens is 254 g/mol. The minimum atomic E-state index is -0.0796. The Hall–Kier alpha value is -2.01. The van der Waals surface area contributed by atoms with Crippen LogP contribution >= 0.6 is 0 Å². The molecule has 0 amide bonds. The zero-order valence-corrected chi connectivity index (χ0v) is 12.2. The lowest BCUT2D eigenvalue weighted by Crippen LogP contribution is -2.11. The molecule has 0 spiro atoms. The number of nitrogens with two attached hydrogens (primary N) is 1. The summed E-state index contributed by atoms with van der Waals surface area (Å²) in [5, 5.41) is 0. The van der Waals surface area contributed by atoms with Gasteiger partial charge in [-0.25, -0.2) is 4.98 Å². The quantitative estimate of drug-likeness (QED) is 0.876. The topological polar surface area (TPSA) is 62.3 Å². The Labute approximate surface area is 119 Å². The SMILES string of the molecule is COc1ccc([C@H](C)N)c(OCCc2nccn2C)c1. The van der Waals surface area contributed by atoms with Crippen molar-refractivity contribution in [3.63, 3.8) is 0 Å². The van der Waals surface area contributed by atoms with Gasteiger partial charge in [-0.3, -0.25) is 0 Å². The number of aromatic nitrogens is 2. The molecule has 2 aromatic rings. The van der Waals surface area contributed by atoms with Crippen molar-refractivity contribution in [2.45, 2.75) is 19.4 Å². The minimum Gasteiger partial charge on any atom is -0.497 e. The smallest absolute Gasteiger partial charge is 0.127 e. The van der Waals surface area contributed by atoms with Gasteiger partial charge in [-0.2, -0.15) is 0 Å². The molecule has 2 rings (SSSR count). The molecule has 0 saturated heterocycles. The molecule has 0 unspecified atom stereocenters. The molecule has 0 fully saturated rings. The first-order valence-electron chi connectivity index (χ1n) is 6.64. The van der Waals surface area contributed by atoms with Crippen LogP contribution in [-0.2, 0) is 13.5 Å². The second kappa shape index (κ2) is 6.43. The molecule has 5 heteroatoms. The number of hydrogen-bond acceptors (Lipinski definition) is 4. The summed E-state index contributed by atoms with van der Waals surface area (Å²) in [5.41, 5.74) is 6.94. The largest absolute Gasteiger partial charge is 0.497 e. The molecule has 0 aliphatic rings. The molecule has 5 nitrogen and oxygen atoms in total. The number of hydrogen-bond donors (Lipinski definition) is 1. The molecule has 1 heterocycles. The molecule has 1 atom stereocenters. The summed E-state index contributed by atoms with van der Waals surface area (Å²) < 4.78 is 13.1. The van der Waals surface area contributed by atoms with Crippen LogP contribution < -0.4 is 15.2 Å². The van der Waals surface area contributed by atoms with Crippen LogP contribution in [-0.4, -0.2) is 23.3 Å². The summed E-state index contributed by atoms with van der Waals surface area (Å²) in [6.07, 6.45) is 4.46. The van der Waals surface area contributed by atoms with E-state index in [1.165, 1.54) is 0 Å². The van der Waals surface area contributed by atoms with Gasteiger partial charge in [0.15, 0.2) is 0 Å². The van der Waals surface area contributed by atoms with E-state index in [-0.39, 0.29) is 6.04 Å². The van der Waals surface area contributed by atoms with Gasteiger partial charge in [0, 0.05) is 43.5 Å². The van der Waals surface area contributed by atoms with Crippen LogP contribution in [0.1, 0.15) is 24.4 Å². The van der Waals surface area contributed by atoms with Crippen LogP contribution in [0.15, 0.2) is 30.6 Å². The first kappa shape index (κ1) is 14.4. The van der Waals surface area contributed by atoms with Crippen LogP contribution in [0.25, 0.3) is 0 Å². The highest BCUT2D eigenvalue weighted by atomic mass is 16.5. The van der Waals surface area contributed by atoms with Crippen LogP contribution in [0.4, 0.5) is 0 Å². The number of rotatable bonds is 6. The molecule has 2 N–H and O–H groups in total. The van der Waals surface area contributed by atoms with Gasteiger partial charge in [0.2, 0.25) is 0 Å². The van der Waals surface area contributed by atoms with Gasteiger partial charge in [-0.15, -0.1) is 0 Å². The second-order valence-electron chi connectivity index (χ2n) is 4.75. The summed E-state index contributed by atoms with van der Waals surface area (Å²) in [5.74, 6) is 2.53. The zero-order chi connectivity index (χ0) is 14.5. The van der Waals surface area contributed by atoms with Gasteiger partial charge < -0.3 is 19.8 Å². The fraction of sp³-hybridized carbons (Fsp3) is 0.400. The van der Waals surface area contributed by atoms with Crippen LogP contribution in [0.2, 0.25) is 0 Å². The van der Waals surface area contributed by atoms with E-state index in [1.54, 1.807) is 13.3 Å². The number of nitrogens with zero attached hydrogens (tertiary/aromatic N) is 2. The molecule has 0 bridgehead atoms. The van der Waals surface area contributed by atoms with E-state index in [2.05, 4.69) is 4.98 Å². The van der Waals surface area contributed by atoms with E-state index in [0.29, 0.717) is 6.61 Å². The summed E-state index contributed by atoms with van der Waals surface area (Å²) in [6.45, 7) is 2.49. The van der Waals surface area contributed by atoms with Gasteiger partial charge in [-0.05, 0) is 13.0 Å². The third-order valence-corrected chi connectivity index (χ3v) is 3.22. The number of ether oxygens (including phenoxy) is 2. The third-order valence-electron chi connectivity index (χ3n) is 3.22. The number of imidazole rings is 1. The van der Waals surface area contributed by atoms with Crippen molar-refractivity contribution in [2.24, 2.45) is 12.8 Å². The first-order chi connectivity index (χ1) is 9.61. The number of benzene rings is 1. The van der Waals surface area contributed by atoms with Crippen LogP contribution in [0.3, 0.4) is 0 Å². The fourth-order valence-electron chi connectivity index (χ4n) is 2.03. The van der Waals surface area contributed by atoms with E-state index in [1.807, 2.05) is 42.9 Å². The van der Waals surface area contributed by atoms with Gasteiger partial charge in [0.1, 0.15) is 17.3 Å². The molecule has 0 aliphatic carbocycles. The first-order valence-corrected chi connectivity index (χ1v) is 6.64. The maximum atomic E-state index is 5.96. The van der Waals surface area contributed by atoms with Crippen molar-refractivity contribution in [3.8, 4) is 11.5 Å². The summed E-state index contributed by atoms with van der Waals surface area (Å²) in [6, 6.07) is 5.63. The lowest BCUT2D eigenvalue weighted by molar-refractivity contribution is 0.310. The molecule has 1 aromatic carbocycles. The van der Waals surface area contributed by atoms with Gasteiger partial charge in [0.25, 0.3) is 0 Å². The van der Waals surface area contributed by atoms with Crippen molar-refractivity contribution in [3.05, 3.63) is 42.0 Å². The summed E-state index contributed by atoms with van der Waals surface area (Å²) >= 11 is 0. The van der Waals surface area contributed by atoms with Gasteiger partial charge in [0.05, 0.1) is 13.7 Å². The highest BCUT2D eigenvalue weighted by molar-refractivity contribution is 5.42. The van der Waals surface area contributed by atoms with Crippen molar-refractivity contribution in [1.82, 2.24) is 9.55 Å². The maximum absolute atomic E-state index is 5.96. The Morgan fingerprint density at radius 3 is 2.80 bits per heavy atom. The van der Waals surface area contributed by atoms with E-state index in [0.717, 1.165) is 29.3 Å². The molecule has 0 radical (unpaired) electrons. The zero-order valence-electron chi connectivity index (χ0n) is 12.2. The molecule has 20 heavy (non-hydrogen) atoms. The third kappa shape index (κ3) is 3.30. The second-order valence-corrected chi connectivity index (χ2v) is 4.75. The summed E-state index contributed by atoms with van der Waals surface area (Å²) in [7, 11) is 3.61. The Morgan fingerprint density at radius 1 is 1.40 bits per heavy atom. The fourth-order valence-corrected chi connectivity index (χ4v) is 2.03. The van der Waals surface area contributed by atoms with E-state index < -0.39 is 0 Å². The number of methoxy groups -OCH3 is 1. The van der Waals surface area contributed by atoms with Crippen molar-refractivity contribution >= 4 is 0 Å². The molecule has 0 aliphatic heterocycles.